The quantitative estimate of drug-likeness (QED) is 0.911. The lowest BCUT2D eigenvalue weighted by Crippen LogP contribution is -2.12. The van der Waals surface area contributed by atoms with Crippen molar-refractivity contribution in [3.05, 3.63) is 52.9 Å². The monoisotopic (exact) mass is 263 g/mol. The van der Waals surface area contributed by atoms with Crippen molar-refractivity contribution in [2.75, 3.05) is 5.32 Å². The molecule has 1 aromatic heterocycles. The topological polar surface area (TPSA) is 42.2 Å². The van der Waals surface area contributed by atoms with Crippen molar-refractivity contribution in [2.24, 2.45) is 0 Å². The fourth-order valence-electron chi connectivity index (χ4n) is 1.59. The summed E-state index contributed by atoms with van der Waals surface area (Å²) < 4.78 is 5.17. The fraction of sp³-hybridized carbons (Fsp3) is 0.214. The van der Waals surface area contributed by atoms with Crippen molar-refractivity contribution in [1.29, 1.82) is 0 Å². The predicted molar refractivity (Wildman–Crippen MR) is 71.8 cm³/mol. The van der Waals surface area contributed by atoms with E-state index in [9.17, 15) is 4.79 Å². The van der Waals surface area contributed by atoms with Crippen LogP contribution in [-0.2, 0) is 11.2 Å². The summed E-state index contributed by atoms with van der Waals surface area (Å²) in [5.74, 6) is 0.762. The van der Waals surface area contributed by atoms with E-state index in [4.69, 9.17) is 16.0 Å². The average Bonchev–Trinajstić information content (AvgIpc) is 2.84. The molecule has 1 amide bonds. The van der Waals surface area contributed by atoms with Gasteiger partial charge in [-0.2, -0.15) is 0 Å². The molecule has 1 aromatic carbocycles. The summed E-state index contributed by atoms with van der Waals surface area (Å²) in [6, 6.07) is 9.14. The molecule has 0 bridgehead atoms. The van der Waals surface area contributed by atoms with Gasteiger partial charge in [-0.3, -0.25) is 4.79 Å². The van der Waals surface area contributed by atoms with Gasteiger partial charge >= 0.3 is 0 Å². The molecule has 0 atom stereocenters. The SMILES string of the molecule is Cc1ccc(NC(=O)CCc2ccco2)cc1Cl. The standard InChI is InChI=1S/C14H14ClNO2/c1-10-4-5-11(9-13(10)15)16-14(17)7-6-12-3-2-8-18-12/h2-5,8-9H,6-7H2,1H3,(H,16,17). The Labute approximate surface area is 111 Å². The normalized spacial score (nSPS) is 10.3. The highest BCUT2D eigenvalue weighted by molar-refractivity contribution is 6.31. The summed E-state index contributed by atoms with van der Waals surface area (Å²) >= 11 is 5.99. The van der Waals surface area contributed by atoms with E-state index in [0.29, 0.717) is 17.9 Å². The molecule has 0 radical (unpaired) electrons. The number of anilines is 1. The number of amides is 1. The van der Waals surface area contributed by atoms with Gasteiger partial charge in [-0.25, -0.2) is 0 Å². The third-order valence-electron chi connectivity index (χ3n) is 2.63. The number of furan rings is 1. The number of nitrogens with one attached hydrogen (secondary N) is 1. The molecule has 0 aliphatic rings. The zero-order chi connectivity index (χ0) is 13.0. The minimum absolute atomic E-state index is 0.0497. The van der Waals surface area contributed by atoms with Gasteiger partial charge in [0.15, 0.2) is 0 Å². The third kappa shape index (κ3) is 3.37. The first-order valence-electron chi connectivity index (χ1n) is 5.73. The number of aryl methyl sites for hydroxylation is 2. The molecule has 0 fully saturated rings. The van der Waals surface area contributed by atoms with Gasteiger partial charge in [-0.05, 0) is 36.8 Å². The van der Waals surface area contributed by atoms with Crippen molar-refractivity contribution in [1.82, 2.24) is 0 Å². The first-order valence-corrected chi connectivity index (χ1v) is 6.11. The Kier molecular flexibility index (Phi) is 4.05. The Balaban J connectivity index is 1.88. The lowest BCUT2D eigenvalue weighted by Gasteiger charge is -2.06. The molecule has 1 heterocycles. The Hall–Kier alpha value is -1.74. The maximum absolute atomic E-state index is 11.7. The average molecular weight is 264 g/mol. The lowest BCUT2D eigenvalue weighted by atomic mass is 10.2. The zero-order valence-electron chi connectivity index (χ0n) is 10.1. The Bertz CT molecular complexity index is 535. The van der Waals surface area contributed by atoms with Crippen LogP contribution in [0.15, 0.2) is 41.0 Å². The predicted octanol–water partition coefficient (Wildman–Crippen LogP) is 3.81. The number of hydrogen-bond donors (Lipinski definition) is 1. The fourth-order valence-corrected chi connectivity index (χ4v) is 1.77. The van der Waals surface area contributed by atoms with Crippen molar-refractivity contribution in [2.45, 2.75) is 19.8 Å². The summed E-state index contributed by atoms with van der Waals surface area (Å²) in [5.41, 5.74) is 1.71. The molecule has 4 heteroatoms. The molecule has 0 aliphatic carbocycles. The molecule has 94 valence electrons. The van der Waals surface area contributed by atoms with Gasteiger partial charge in [0.25, 0.3) is 0 Å². The Morgan fingerprint density at radius 2 is 2.22 bits per heavy atom. The van der Waals surface area contributed by atoms with Gasteiger partial charge < -0.3 is 9.73 Å². The van der Waals surface area contributed by atoms with E-state index in [2.05, 4.69) is 5.32 Å². The van der Waals surface area contributed by atoms with Crippen LogP contribution in [0.3, 0.4) is 0 Å². The molecule has 1 N–H and O–H groups in total. The molecule has 0 saturated heterocycles. The summed E-state index contributed by atoms with van der Waals surface area (Å²) in [7, 11) is 0. The second kappa shape index (κ2) is 5.74. The zero-order valence-corrected chi connectivity index (χ0v) is 10.8. The number of hydrogen-bond acceptors (Lipinski definition) is 2. The molecule has 0 unspecified atom stereocenters. The van der Waals surface area contributed by atoms with E-state index in [1.165, 1.54) is 0 Å². The number of halogens is 1. The maximum Gasteiger partial charge on any atom is 0.224 e. The summed E-state index contributed by atoms with van der Waals surface area (Å²) in [6.07, 6.45) is 2.59. The van der Waals surface area contributed by atoms with Crippen molar-refractivity contribution >= 4 is 23.2 Å². The van der Waals surface area contributed by atoms with Crippen LogP contribution in [0.1, 0.15) is 17.7 Å². The molecule has 18 heavy (non-hydrogen) atoms. The molecule has 0 aliphatic heterocycles. The highest BCUT2D eigenvalue weighted by Gasteiger charge is 2.05. The van der Waals surface area contributed by atoms with Crippen LogP contribution in [0.5, 0.6) is 0 Å². The van der Waals surface area contributed by atoms with Gasteiger partial charge in [0.2, 0.25) is 5.91 Å². The first kappa shape index (κ1) is 12.7. The summed E-state index contributed by atoms with van der Waals surface area (Å²) in [5, 5.41) is 3.46. The van der Waals surface area contributed by atoms with E-state index in [-0.39, 0.29) is 5.91 Å². The van der Waals surface area contributed by atoms with Gasteiger partial charge in [-0.1, -0.05) is 17.7 Å². The van der Waals surface area contributed by atoms with E-state index in [0.717, 1.165) is 17.0 Å². The van der Waals surface area contributed by atoms with Gasteiger partial charge in [-0.15, -0.1) is 0 Å². The van der Waals surface area contributed by atoms with Gasteiger partial charge in [0.05, 0.1) is 6.26 Å². The molecule has 2 rings (SSSR count). The first-order chi connectivity index (χ1) is 8.65. The number of carbonyl (C=O) groups excluding carboxylic acids is 1. The minimum Gasteiger partial charge on any atom is -0.469 e. The van der Waals surface area contributed by atoms with Crippen molar-refractivity contribution in [3.8, 4) is 0 Å². The van der Waals surface area contributed by atoms with Crippen LogP contribution in [-0.4, -0.2) is 5.91 Å². The largest absolute Gasteiger partial charge is 0.469 e. The van der Waals surface area contributed by atoms with Crippen LogP contribution in [0.4, 0.5) is 5.69 Å². The molecular formula is C14H14ClNO2. The van der Waals surface area contributed by atoms with E-state index in [1.807, 2.05) is 31.2 Å². The third-order valence-corrected chi connectivity index (χ3v) is 3.04. The number of rotatable bonds is 4. The minimum atomic E-state index is -0.0497. The maximum atomic E-state index is 11.7. The molecule has 0 spiro atoms. The molecule has 2 aromatic rings. The van der Waals surface area contributed by atoms with Crippen molar-refractivity contribution < 1.29 is 9.21 Å². The van der Waals surface area contributed by atoms with Crippen LogP contribution in [0.2, 0.25) is 5.02 Å². The number of carbonyl (C=O) groups is 1. The van der Waals surface area contributed by atoms with Crippen LogP contribution in [0, 0.1) is 6.92 Å². The lowest BCUT2D eigenvalue weighted by molar-refractivity contribution is -0.116. The van der Waals surface area contributed by atoms with E-state index >= 15 is 0 Å². The van der Waals surface area contributed by atoms with E-state index < -0.39 is 0 Å². The van der Waals surface area contributed by atoms with E-state index in [1.54, 1.807) is 12.3 Å². The second-order valence-electron chi connectivity index (χ2n) is 4.09. The summed E-state index contributed by atoms with van der Waals surface area (Å²) in [4.78, 5) is 11.7. The van der Waals surface area contributed by atoms with Crippen molar-refractivity contribution in [3.63, 3.8) is 0 Å². The second-order valence-corrected chi connectivity index (χ2v) is 4.50. The van der Waals surface area contributed by atoms with Crippen LogP contribution >= 0.6 is 11.6 Å². The van der Waals surface area contributed by atoms with Crippen LogP contribution in [0.25, 0.3) is 0 Å². The van der Waals surface area contributed by atoms with Gasteiger partial charge in [0.1, 0.15) is 5.76 Å². The highest BCUT2D eigenvalue weighted by Crippen LogP contribution is 2.20. The van der Waals surface area contributed by atoms with Crippen LogP contribution < -0.4 is 5.32 Å². The summed E-state index contributed by atoms with van der Waals surface area (Å²) in [6.45, 7) is 1.92. The number of benzene rings is 1. The smallest absolute Gasteiger partial charge is 0.224 e. The molecular weight excluding hydrogens is 250 g/mol. The highest BCUT2D eigenvalue weighted by atomic mass is 35.5. The van der Waals surface area contributed by atoms with Gasteiger partial charge in [0, 0.05) is 23.6 Å². The molecule has 3 nitrogen and oxygen atoms in total. The Morgan fingerprint density at radius 3 is 2.89 bits per heavy atom. The Morgan fingerprint density at radius 1 is 1.39 bits per heavy atom. The molecule has 0 saturated carbocycles.